The van der Waals surface area contributed by atoms with Crippen LogP contribution in [0.1, 0.15) is 16.8 Å². The molecule has 0 spiro atoms. The average molecular weight is 331 g/mol. The molecule has 1 aliphatic heterocycles. The maximum atomic E-state index is 12.3. The fourth-order valence-corrected chi connectivity index (χ4v) is 2.87. The van der Waals surface area contributed by atoms with Crippen LogP contribution in [-0.2, 0) is 4.74 Å². The first-order valence-corrected chi connectivity index (χ1v) is 7.03. The van der Waals surface area contributed by atoms with Crippen molar-refractivity contribution in [3.05, 3.63) is 22.6 Å². The van der Waals surface area contributed by atoms with Gasteiger partial charge in [-0.3, -0.25) is 9.69 Å². The van der Waals surface area contributed by atoms with Gasteiger partial charge in [0.15, 0.2) is 4.67 Å². The molecule has 1 aliphatic rings. The molecule has 0 saturated carbocycles. The van der Waals surface area contributed by atoms with Crippen molar-refractivity contribution in [1.29, 1.82) is 0 Å². The van der Waals surface area contributed by atoms with Crippen molar-refractivity contribution in [2.75, 3.05) is 34.3 Å². The number of furan rings is 1. The summed E-state index contributed by atoms with van der Waals surface area (Å²) in [5.74, 6) is -0.0325. The van der Waals surface area contributed by atoms with E-state index < -0.39 is 0 Å². The average Bonchev–Trinajstić information content (AvgIpc) is 2.95. The highest BCUT2D eigenvalue weighted by Gasteiger charge is 2.31. The Balaban J connectivity index is 1.96. The Bertz CT molecular complexity index is 449. The molecule has 2 heterocycles. The van der Waals surface area contributed by atoms with Gasteiger partial charge in [0.05, 0.1) is 17.9 Å². The molecule has 0 aliphatic carbocycles. The molecule has 19 heavy (non-hydrogen) atoms. The molecule has 1 amide bonds. The summed E-state index contributed by atoms with van der Waals surface area (Å²) in [6.07, 6.45) is 2.73. The van der Waals surface area contributed by atoms with E-state index in [1.807, 2.05) is 7.05 Å². The van der Waals surface area contributed by atoms with Gasteiger partial charge in [0, 0.05) is 33.3 Å². The highest BCUT2D eigenvalue weighted by molar-refractivity contribution is 9.10. The van der Waals surface area contributed by atoms with E-state index in [2.05, 4.69) is 27.9 Å². The molecular weight excluding hydrogens is 312 g/mol. The number of hydrogen-bond acceptors (Lipinski definition) is 4. The Labute approximate surface area is 121 Å². The highest BCUT2D eigenvalue weighted by Crippen LogP contribution is 2.22. The van der Waals surface area contributed by atoms with Crippen molar-refractivity contribution >= 4 is 21.8 Å². The lowest BCUT2D eigenvalue weighted by atomic mass is 10.2. The fourth-order valence-electron chi connectivity index (χ4n) is 2.46. The fraction of sp³-hybridized carbons (Fsp3) is 0.615. The predicted octanol–water partition coefficient (Wildman–Crippen LogP) is 1.83. The Morgan fingerprint density at radius 2 is 2.42 bits per heavy atom. The van der Waals surface area contributed by atoms with Crippen molar-refractivity contribution in [1.82, 2.24) is 9.80 Å². The predicted molar refractivity (Wildman–Crippen MR) is 75.2 cm³/mol. The van der Waals surface area contributed by atoms with E-state index >= 15 is 0 Å². The van der Waals surface area contributed by atoms with Crippen molar-refractivity contribution in [3.63, 3.8) is 0 Å². The molecule has 0 aromatic carbocycles. The van der Waals surface area contributed by atoms with Gasteiger partial charge in [-0.1, -0.05) is 0 Å². The Morgan fingerprint density at radius 1 is 1.68 bits per heavy atom. The number of hydrogen-bond donors (Lipinski definition) is 0. The highest BCUT2D eigenvalue weighted by atomic mass is 79.9. The summed E-state index contributed by atoms with van der Waals surface area (Å²) in [6, 6.07) is 2.02. The quantitative estimate of drug-likeness (QED) is 0.845. The summed E-state index contributed by atoms with van der Waals surface area (Å²) >= 11 is 3.24. The molecule has 5 nitrogen and oxygen atoms in total. The Hall–Kier alpha value is -0.850. The van der Waals surface area contributed by atoms with Gasteiger partial charge in [0.25, 0.3) is 5.91 Å². The topological polar surface area (TPSA) is 45.9 Å². The maximum absolute atomic E-state index is 12.3. The largest absolute Gasteiger partial charge is 0.457 e. The molecule has 0 radical (unpaired) electrons. The van der Waals surface area contributed by atoms with E-state index in [4.69, 9.17) is 9.15 Å². The standard InChI is InChI=1S/C13H19BrN2O3/c1-15-8-10(18-3)6-9(15)7-16(2)13(17)11-4-5-19-12(11)14/h4-5,9-10H,6-8H2,1-3H3/t9-,10-/m0/s1. The van der Waals surface area contributed by atoms with E-state index in [1.54, 1.807) is 18.1 Å². The lowest BCUT2D eigenvalue weighted by Gasteiger charge is -2.25. The minimum absolute atomic E-state index is 0.0325. The third-order valence-corrected chi connectivity index (χ3v) is 4.28. The monoisotopic (exact) mass is 330 g/mol. The summed E-state index contributed by atoms with van der Waals surface area (Å²) < 4.78 is 11.0. The first-order chi connectivity index (χ1) is 9.02. The van der Waals surface area contributed by atoms with E-state index in [0.717, 1.165) is 13.0 Å². The number of halogens is 1. The summed E-state index contributed by atoms with van der Waals surface area (Å²) in [4.78, 5) is 16.2. The van der Waals surface area contributed by atoms with Crippen LogP contribution in [0.4, 0.5) is 0 Å². The van der Waals surface area contributed by atoms with Crippen LogP contribution in [0, 0.1) is 0 Å². The molecule has 106 valence electrons. The summed E-state index contributed by atoms with van der Waals surface area (Å²) in [6.45, 7) is 1.60. The SMILES string of the molecule is CO[C@H]1C[C@@H](CN(C)C(=O)c2ccoc2Br)N(C)C1. The van der Waals surface area contributed by atoms with Gasteiger partial charge >= 0.3 is 0 Å². The molecule has 1 fully saturated rings. The van der Waals surface area contributed by atoms with Crippen molar-refractivity contribution < 1.29 is 13.9 Å². The minimum Gasteiger partial charge on any atom is -0.457 e. The first kappa shape index (κ1) is 14.6. The van der Waals surface area contributed by atoms with Crippen LogP contribution < -0.4 is 0 Å². The Morgan fingerprint density at radius 3 is 2.95 bits per heavy atom. The second kappa shape index (κ2) is 6.07. The molecule has 1 aromatic heterocycles. The number of ether oxygens (including phenoxy) is 1. The number of likely N-dealkylation sites (tertiary alicyclic amines) is 1. The molecule has 0 unspecified atom stereocenters. The molecule has 1 saturated heterocycles. The van der Waals surface area contributed by atoms with Crippen molar-refractivity contribution in [2.45, 2.75) is 18.6 Å². The van der Waals surface area contributed by atoms with E-state index in [-0.39, 0.29) is 12.0 Å². The molecule has 1 aromatic rings. The van der Waals surface area contributed by atoms with Gasteiger partial charge in [0.1, 0.15) is 0 Å². The molecule has 2 atom stereocenters. The zero-order valence-corrected chi connectivity index (χ0v) is 13.0. The zero-order chi connectivity index (χ0) is 14.0. The number of likely N-dealkylation sites (N-methyl/N-ethyl adjacent to an activating group) is 2. The van der Waals surface area contributed by atoms with Crippen LogP contribution in [0.15, 0.2) is 21.4 Å². The van der Waals surface area contributed by atoms with Gasteiger partial charge in [-0.05, 0) is 35.5 Å². The number of amides is 1. The van der Waals surface area contributed by atoms with Crippen molar-refractivity contribution in [2.24, 2.45) is 0 Å². The number of nitrogens with zero attached hydrogens (tertiary/aromatic N) is 2. The second-order valence-electron chi connectivity index (χ2n) is 4.98. The van der Waals surface area contributed by atoms with E-state index in [0.29, 0.717) is 22.8 Å². The van der Waals surface area contributed by atoms with Crippen LogP contribution in [0.2, 0.25) is 0 Å². The molecule has 6 heteroatoms. The van der Waals surface area contributed by atoms with E-state index in [1.165, 1.54) is 6.26 Å². The van der Waals surface area contributed by atoms with Gasteiger partial charge in [-0.25, -0.2) is 0 Å². The summed E-state index contributed by atoms with van der Waals surface area (Å²) in [5, 5.41) is 0. The van der Waals surface area contributed by atoms with Crippen LogP contribution >= 0.6 is 15.9 Å². The number of carbonyl (C=O) groups excluding carboxylic acids is 1. The van der Waals surface area contributed by atoms with Crippen LogP contribution in [0.25, 0.3) is 0 Å². The van der Waals surface area contributed by atoms with Gasteiger partial charge in [-0.2, -0.15) is 0 Å². The smallest absolute Gasteiger partial charge is 0.258 e. The van der Waals surface area contributed by atoms with Crippen LogP contribution in [-0.4, -0.2) is 62.1 Å². The maximum Gasteiger partial charge on any atom is 0.258 e. The first-order valence-electron chi connectivity index (χ1n) is 6.24. The zero-order valence-electron chi connectivity index (χ0n) is 11.4. The van der Waals surface area contributed by atoms with Crippen LogP contribution in [0.3, 0.4) is 0 Å². The number of methoxy groups -OCH3 is 1. The minimum atomic E-state index is -0.0325. The van der Waals surface area contributed by atoms with Gasteiger partial charge < -0.3 is 14.1 Å². The molecule has 0 N–H and O–H groups in total. The summed E-state index contributed by atoms with van der Waals surface area (Å²) in [7, 11) is 5.61. The summed E-state index contributed by atoms with van der Waals surface area (Å²) in [5.41, 5.74) is 0.562. The number of carbonyl (C=O) groups is 1. The lowest BCUT2D eigenvalue weighted by molar-refractivity contribution is 0.0758. The molecular formula is C13H19BrN2O3. The van der Waals surface area contributed by atoms with E-state index in [9.17, 15) is 4.79 Å². The van der Waals surface area contributed by atoms with Crippen molar-refractivity contribution in [3.8, 4) is 0 Å². The van der Waals surface area contributed by atoms with Crippen LogP contribution in [0.5, 0.6) is 0 Å². The van der Waals surface area contributed by atoms with Gasteiger partial charge in [0.2, 0.25) is 0 Å². The second-order valence-corrected chi connectivity index (χ2v) is 5.70. The third-order valence-electron chi connectivity index (χ3n) is 3.66. The third kappa shape index (κ3) is 3.19. The molecule has 2 rings (SSSR count). The van der Waals surface area contributed by atoms with Gasteiger partial charge in [-0.15, -0.1) is 0 Å². The normalized spacial score (nSPS) is 23.8. The molecule has 0 bridgehead atoms. The number of rotatable bonds is 4. The lowest BCUT2D eigenvalue weighted by Crippen LogP contribution is -2.39. The Kier molecular flexibility index (Phi) is 4.65.